The van der Waals surface area contributed by atoms with Crippen LogP contribution in [-0.4, -0.2) is 25.7 Å². The summed E-state index contributed by atoms with van der Waals surface area (Å²) < 4.78 is 9.23. The Morgan fingerprint density at radius 2 is 2.15 bits per heavy atom. The van der Waals surface area contributed by atoms with Gasteiger partial charge in [0.1, 0.15) is 0 Å². The molecule has 0 atom stereocenters. The van der Waals surface area contributed by atoms with Crippen LogP contribution in [0.2, 0.25) is 0 Å². The molecule has 0 radical (unpaired) electrons. The first kappa shape index (κ1) is 11.3. The first-order valence-corrected chi connectivity index (χ1v) is 3.59. The summed E-state index contributed by atoms with van der Waals surface area (Å²) in [4.78, 5) is 21.2. The second kappa shape index (κ2) is 5.87. The fourth-order valence-corrected chi connectivity index (χ4v) is 0.540. The Morgan fingerprint density at radius 1 is 1.54 bits per heavy atom. The number of methoxy groups -OCH3 is 1. The monoisotopic (exact) mass is 188 g/mol. The average molecular weight is 188 g/mol. The predicted octanol–water partition coefficient (Wildman–Crippen LogP) is -0.294. The summed E-state index contributed by atoms with van der Waals surface area (Å²) in [6, 6.07) is -0.779. The molecule has 0 saturated heterocycles. The van der Waals surface area contributed by atoms with Crippen molar-refractivity contribution in [3.63, 3.8) is 0 Å². The average Bonchev–Trinajstić information content (AvgIpc) is 2.05. The van der Waals surface area contributed by atoms with Crippen molar-refractivity contribution in [2.75, 3.05) is 13.7 Å². The molecule has 2 amide bonds. The number of hydrogen-bond acceptors (Lipinski definition) is 4. The Balaban J connectivity index is 4.22. The number of amides is 2. The zero-order chi connectivity index (χ0) is 10.3. The number of rotatable bonds is 4. The van der Waals surface area contributed by atoms with Crippen LogP contribution in [0.1, 0.15) is 6.92 Å². The Kier molecular flexibility index (Phi) is 5.09. The molecule has 0 fully saturated rings. The minimum atomic E-state index is -0.779. The van der Waals surface area contributed by atoms with E-state index in [9.17, 15) is 9.59 Å². The third kappa shape index (κ3) is 4.67. The highest BCUT2D eigenvalue weighted by Crippen LogP contribution is 1.96. The molecule has 3 N–H and O–H groups in total. The number of hydrogen-bond donors (Lipinski definition) is 2. The van der Waals surface area contributed by atoms with Crippen LogP contribution < -0.4 is 11.1 Å². The van der Waals surface area contributed by atoms with Crippen LogP contribution in [-0.2, 0) is 14.3 Å². The van der Waals surface area contributed by atoms with E-state index in [1.165, 1.54) is 7.11 Å². The lowest BCUT2D eigenvalue weighted by atomic mass is 10.5. The number of carbonyl (C=O) groups excluding carboxylic acids is 2. The number of nitrogens with two attached hydrogens (primary N) is 1. The molecule has 0 aromatic heterocycles. The molecule has 0 unspecified atom stereocenters. The normalized spacial score (nSPS) is 10.5. The first-order chi connectivity index (χ1) is 6.11. The molecule has 0 spiro atoms. The first-order valence-electron chi connectivity index (χ1n) is 3.59. The maximum atomic E-state index is 11.0. The number of primary amides is 1. The van der Waals surface area contributed by atoms with Gasteiger partial charge in [-0.1, -0.05) is 0 Å². The molecule has 0 rings (SSSR count). The minimum absolute atomic E-state index is 0.111. The van der Waals surface area contributed by atoms with Crippen LogP contribution in [0.15, 0.2) is 12.0 Å². The third-order valence-electron chi connectivity index (χ3n) is 1.04. The van der Waals surface area contributed by atoms with Gasteiger partial charge in [0.2, 0.25) is 5.76 Å². The van der Waals surface area contributed by atoms with Crippen LogP contribution >= 0.6 is 0 Å². The van der Waals surface area contributed by atoms with Crippen LogP contribution in [0.3, 0.4) is 0 Å². The zero-order valence-electron chi connectivity index (χ0n) is 7.49. The highest BCUT2D eigenvalue weighted by atomic mass is 16.6. The highest BCUT2D eigenvalue weighted by molar-refractivity contribution is 5.87. The van der Waals surface area contributed by atoms with Gasteiger partial charge in [-0.3, -0.25) is 0 Å². The Hall–Kier alpha value is -1.72. The van der Waals surface area contributed by atoms with Crippen LogP contribution in [0.5, 0.6) is 0 Å². The molecule has 0 aromatic carbocycles. The van der Waals surface area contributed by atoms with Gasteiger partial charge in [0.25, 0.3) is 0 Å². The molecule has 6 heteroatoms. The molecular formula is C7H12N2O4. The SMILES string of the molecule is CCOC(=O)C(=CNC(N)=O)OC. The van der Waals surface area contributed by atoms with E-state index < -0.39 is 12.0 Å². The molecule has 0 aromatic rings. The summed E-state index contributed by atoms with van der Waals surface area (Å²) in [5.74, 6) is -0.764. The molecular weight excluding hydrogens is 176 g/mol. The number of esters is 1. The van der Waals surface area contributed by atoms with Crippen molar-refractivity contribution in [1.82, 2.24) is 5.32 Å². The molecule has 0 aliphatic rings. The predicted molar refractivity (Wildman–Crippen MR) is 44.4 cm³/mol. The number of nitrogens with one attached hydrogen (secondary N) is 1. The lowest BCUT2D eigenvalue weighted by Crippen LogP contribution is -2.26. The van der Waals surface area contributed by atoms with Gasteiger partial charge in [-0.2, -0.15) is 0 Å². The van der Waals surface area contributed by atoms with E-state index in [0.29, 0.717) is 0 Å². The van der Waals surface area contributed by atoms with Crippen LogP contribution in [0.25, 0.3) is 0 Å². The summed E-state index contributed by atoms with van der Waals surface area (Å²) in [6.07, 6.45) is 1.04. The summed E-state index contributed by atoms with van der Waals surface area (Å²) >= 11 is 0. The van der Waals surface area contributed by atoms with Crippen molar-refractivity contribution >= 4 is 12.0 Å². The quantitative estimate of drug-likeness (QED) is 0.360. The van der Waals surface area contributed by atoms with Crippen molar-refractivity contribution in [2.24, 2.45) is 5.73 Å². The fraction of sp³-hybridized carbons (Fsp3) is 0.429. The highest BCUT2D eigenvalue weighted by Gasteiger charge is 2.10. The largest absolute Gasteiger partial charge is 0.489 e. The van der Waals surface area contributed by atoms with Gasteiger partial charge in [0.05, 0.1) is 19.9 Å². The number of ether oxygens (including phenoxy) is 2. The molecule has 13 heavy (non-hydrogen) atoms. The summed E-state index contributed by atoms with van der Waals surface area (Å²) in [6.45, 7) is 1.89. The molecule has 74 valence electrons. The zero-order valence-corrected chi connectivity index (χ0v) is 7.49. The second-order valence-electron chi connectivity index (χ2n) is 1.94. The Bertz CT molecular complexity index is 225. The number of carbonyl (C=O) groups is 2. The number of urea groups is 1. The van der Waals surface area contributed by atoms with Crippen molar-refractivity contribution in [3.05, 3.63) is 12.0 Å². The van der Waals surface area contributed by atoms with Crippen molar-refractivity contribution in [2.45, 2.75) is 6.92 Å². The summed E-state index contributed by atoms with van der Waals surface area (Å²) in [5.41, 5.74) is 4.77. The van der Waals surface area contributed by atoms with Gasteiger partial charge in [0.15, 0.2) is 0 Å². The molecule has 0 saturated carbocycles. The molecule has 0 aliphatic carbocycles. The van der Waals surface area contributed by atoms with E-state index >= 15 is 0 Å². The van der Waals surface area contributed by atoms with E-state index in [-0.39, 0.29) is 12.4 Å². The van der Waals surface area contributed by atoms with Crippen molar-refractivity contribution < 1.29 is 19.1 Å². The van der Waals surface area contributed by atoms with Gasteiger partial charge >= 0.3 is 12.0 Å². The van der Waals surface area contributed by atoms with E-state index in [4.69, 9.17) is 5.73 Å². The summed E-state index contributed by atoms with van der Waals surface area (Å²) in [7, 11) is 1.28. The standard InChI is InChI=1S/C7H12N2O4/c1-3-13-6(10)5(12-2)4-9-7(8)11/h4H,3H2,1-2H3,(H3,8,9,11). The van der Waals surface area contributed by atoms with Crippen molar-refractivity contribution in [1.29, 1.82) is 0 Å². The lowest BCUT2D eigenvalue weighted by Gasteiger charge is -2.04. The molecule has 6 nitrogen and oxygen atoms in total. The van der Waals surface area contributed by atoms with E-state index in [0.717, 1.165) is 6.20 Å². The summed E-state index contributed by atoms with van der Waals surface area (Å²) in [5, 5.41) is 2.09. The second-order valence-corrected chi connectivity index (χ2v) is 1.94. The Morgan fingerprint density at radius 3 is 2.54 bits per heavy atom. The van der Waals surface area contributed by atoms with Gasteiger partial charge < -0.3 is 20.5 Å². The smallest absolute Gasteiger partial charge is 0.375 e. The Labute approximate surface area is 75.7 Å². The van der Waals surface area contributed by atoms with E-state index in [1.807, 2.05) is 0 Å². The maximum absolute atomic E-state index is 11.0. The van der Waals surface area contributed by atoms with E-state index in [1.54, 1.807) is 6.92 Å². The molecule has 0 bridgehead atoms. The van der Waals surface area contributed by atoms with Gasteiger partial charge in [-0.05, 0) is 6.92 Å². The topological polar surface area (TPSA) is 90.6 Å². The lowest BCUT2D eigenvalue weighted by molar-refractivity contribution is -0.142. The van der Waals surface area contributed by atoms with E-state index in [2.05, 4.69) is 14.8 Å². The van der Waals surface area contributed by atoms with Gasteiger partial charge in [0, 0.05) is 0 Å². The van der Waals surface area contributed by atoms with Crippen LogP contribution in [0, 0.1) is 0 Å². The maximum Gasteiger partial charge on any atom is 0.375 e. The molecule has 0 aliphatic heterocycles. The van der Waals surface area contributed by atoms with Crippen LogP contribution in [0.4, 0.5) is 4.79 Å². The minimum Gasteiger partial charge on any atom is -0.489 e. The van der Waals surface area contributed by atoms with Gasteiger partial charge in [-0.25, -0.2) is 9.59 Å². The fourth-order valence-electron chi connectivity index (χ4n) is 0.540. The molecule has 0 heterocycles. The third-order valence-corrected chi connectivity index (χ3v) is 1.04. The van der Waals surface area contributed by atoms with Crippen molar-refractivity contribution in [3.8, 4) is 0 Å². The van der Waals surface area contributed by atoms with Gasteiger partial charge in [-0.15, -0.1) is 0 Å².